The van der Waals surface area contributed by atoms with E-state index in [4.69, 9.17) is 4.74 Å². The zero-order valence-corrected chi connectivity index (χ0v) is 12.7. The van der Waals surface area contributed by atoms with E-state index in [0.717, 1.165) is 33.5 Å². The lowest BCUT2D eigenvalue weighted by atomic mass is 10.00. The first kappa shape index (κ1) is 13.4. The average molecular weight is 336 g/mol. The van der Waals surface area contributed by atoms with Crippen molar-refractivity contribution in [2.45, 2.75) is 19.4 Å². The molecular weight excluding hydrogens is 321 g/mol. The van der Waals surface area contributed by atoms with E-state index >= 15 is 0 Å². The van der Waals surface area contributed by atoms with Crippen LogP contribution in [0.1, 0.15) is 23.6 Å². The highest BCUT2D eigenvalue weighted by Gasteiger charge is 2.21. The molecule has 20 heavy (non-hydrogen) atoms. The predicted molar refractivity (Wildman–Crippen MR) is 81.8 cm³/mol. The van der Waals surface area contributed by atoms with Crippen molar-refractivity contribution in [2.75, 3.05) is 11.9 Å². The summed E-state index contributed by atoms with van der Waals surface area (Å²) in [7, 11) is 0. The van der Waals surface area contributed by atoms with E-state index in [0.29, 0.717) is 6.61 Å². The maximum Gasteiger partial charge on any atom is 0.125 e. The average Bonchev–Trinajstić information content (AvgIpc) is 2.38. The van der Waals surface area contributed by atoms with Crippen LogP contribution in [-0.2, 0) is 0 Å². The van der Waals surface area contributed by atoms with Crippen LogP contribution in [0.4, 0.5) is 10.1 Å². The van der Waals surface area contributed by atoms with Crippen molar-refractivity contribution in [3.8, 4) is 5.75 Å². The first-order valence-electron chi connectivity index (χ1n) is 6.58. The molecule has 0 radical (unpaired) electrons. The van der Waals surface area contributed by atoms with Crippen molar-refractivity contribution in [1.82, 2.24) is 0 Å². The Kier molecular flexibility index (Phi) is 3.66. The molecule has 1 aliphatic rings. The van der Waals surface area contributed by atoms with Crippen LogP contribution in [0.3, 0.4) is 0 Å². The van der Waals surface area contributed by atoms with Gasteiger partial charge in [-0.15, -0.1) is 0 Å². The number of nitrogens with one attached hydrogen (secondary N) is 1. The van der Waals surface area contributed by atoms with Crippen LogP contribution in [0, 0.1) is 12.7 Å². The summed E-state index contributed by atoms with van der Waals surface area (Å²) in [5.41, 5.74) is 2.82. The summed E-state index contributed by atoms with van der Waals surface area (Å²) < 4.78 is 20.1. The summed E-state index contributed by atoms with van der Waals surface area (Å²) in [6.07, 6.45) is 0.860. The molecule has 1 atom stereocenters. The number of aryl methyl sites for hydroxylation is 1. The van der Waals surface area contributed by atoms with Crippen molar-refractivity contribution in [3.63, 3.8) is 0 Å². The number of hydrogen-bond acceptors (Lipinski definition) is 2. The van der Waals surface area contributed by atoms with Crippen LogP contribution in [0.2, 0.25) is 0 Å². The molecule has 0 saturated heterocycles. The van der Waals surface area contributed by atoms with Gasteiger partial charge in [0, 0.05) is 22.1 Å². The fourth-order valence-electron chi connectivity index (χ4n) is 2.54. The van der Waals surface area contributed by atoms with Crippen LogP contribution in [-0.4, -0.2) is 6.61 Å². The highest BCUT2D eigenvalue weighted by atomic mass is 79.9. The minimum absolute atomic E-state index is 0.137. The number of anilines is 1. The molecule has 1 N–H and O–H groups in total. The van der Waals surface area contributed by atoms with Crippen molar-refractivity contribution in [3.05, 3.63) is 57.8 Å². The van der Waals surface area contributed by atoms with E-state index in [2.05, 4.69) is 27.3 Å². The summed E-state index contributed by atoms with van der Waals surface area (Å²) in [5.74, 6) is 0.680. The lowest BCUT2D eigenvalue weighted by Crippen LogP contribution is -2.20. The van der Waals surface area contributed by atoms with Gasteiger partial charge in [-0.05, 0) is 48.9 Å². The van der Waals surface area contributed by atoms with E-state index in [1.807, 2.05) is 25.1 Å². The standard InChI is InChI=1S/C16H15BrFNO/c1-10-6-12(18)9-13(7-10)19-15-4-5-20-16-3-2-11(17)8-14(15)16/h2-3,6-9,15,19H,4-5H2,1H3. The van der Waals surface area contributed by atoms with Gasteiger partial charge in [-0.25, -0.2) is 4.39 Å². The summed E-state index contributed by atoms with van der Waals surface area (Å²) in [6, 6.07) is 11.1. The van der Waals surface area contributed by atoms with Crippen molar-refractivity contribution >= 4 is 21.6 Å². The van der Waals surface area contributed by atoms with E-state index in [1.54, 1.807) is 0 Å². The molecule has 1 aliphatic heterocycles. The highest BCUT2D eigenvalue weighted by molar-refractivity contribution is 9.10. The largest absolute Gasteiger partial charge is 0.493 e. The van der Waals surface area contributed by atoms with Gasteiger partial charge in [0.1, 0.15) is 11.6 Å². The Morgan fingerprint density at radius 3 is 2.90 bits per heavy atom. The summed E-state index contributed by atoms with van der Waals surface area (Å²) in [5, 5.41) is 3.41. The third kappa shape index (κ3) is 2.80. The van der Waals surface area contributed by atoms with Crippen LogP contribution in [0.5, 0.6) is 5.75 Å². The van der Waals surface area contributed by atoms with Gasteiger partial charge in [0.25, 0.3) is 0 Å². The Morgan fingerprint density at radius 1 is 1.25 bits per heavy atom. The first-order valence-corrected chi connectivity index (χ1v) is 7.37. The molecule has 0 amide bonds. The number of ether oxygens (including phenoxy) is 1. The summed E-state index contributed by atoms with van der Waals surface area (Å²) in [4.78, 5) is 0. The van der Waals surface area contributed by atoms with Crippen LogP contribution in [0.15, 0.2) is 40.9 Å². The van der Waals surface area contributed by atoms with Gasteiger partial charge in [0.2, 0.25) is 0 Å². The van der Waals surface area contributed by atoms with E-state index in [9.17, 15) is 4.39 Å². The van der Waals surface area contributed by atoms with Gasteiger partial charge in [-0.1, -0.05) is 15.9 Å². The number of benzene rings is 2. The van der Waals surface area contributed by atoms with E-state index < -0.39 is 0 Å². The Labute approximate surface area is 126 Å². The van der Waals surface area contributed by atoms with Gasteiger partial charge in [0.15, 0.2) is 0 Å². The normalized spacial score (nSPS) is 17.2. The van der Waals surface area contributed by atoms with E-state index in [-0.39, 0.29) is 11.9 Å². The molecule has 2 aromatic rings. The smallest absolute Gasteiger partial charge is 0.125 e. The Morgan fingerprint density at radius 2 is 2.10 bits per heavy atom. The Bertz CT molecular complexity index is 624. The van der Waals surface area contributed by atoms with Gasteiger partial charge >= 0.3 is 0 Å². The number of hydrogen-bond donors (Lipinski definition) is 1. The Hall–Kier alpha value is -1.55. The monoisotopic (exact) mass is 335 g/mol. The molecule has 0 bridgehead atoms. The minimum atomic E-state index is -0.214. The minimum Gasteiger partial charge on any atom is -0.493 e. The third-order valence-electron chi connectivity index (χ3n) is 3.39. The van der Waals surface area contributed by atoms with E-state index in [1.165, 1.54) is 12.1 Å². The quantitative estimate of drug-likeness (QED) is 0.848. The molecule has 0 fully saturated rings. The molecule has 0 spiro atoms. The predicted octanol–water partition coefficient (Wildman–Crippen LogP) is 4.83. The van der Waals surface area contributed by atoms with Gasteiger partial charge in [-0.2, -0.15) is 0 Å². The molecular formula is C16H15BrFNO. The molecule has 2 nitrogen and oxygen atoms in total. The summed E-state index contributed by atoms with van der Waals surface area (Å²) in [6.45, 7) is 2.56. The molecule has 0 aliphatic carbocycles. The van der Waals surface area contributed by atoms with Crippen LogP contribution < -0.4 is 10.1 Å². The third-order valence-corrected chi connectivity index (χ3v) is 3.89. The van der Waals surface area contributed by atoms with Crippen LogP contribution in [0.25, 0.3) is 0 Å². The SMILES string of the molecule is Cc1cc(F)cc(NC2CCOc3ccc(Br)cc32)c1. The first-order chi connectivity index (χ1) is 9.61. The molecule has 1 heterocycles. The molecule has 3 rings (SSSR count). The second kappa shape index (κ2) is 5.44. The van der Waals surface area contributed by atoms with Crippen molar-refractivity contribution in [1.29, 1.82) is 0 Å². The number of fused-ring (bicyclic) bond motifs is 1. The van der Waals surface area contributed by atoms with Crippen molar-refractivity contribution in [2.24, 2.45) is 0 Å². The number of halogens is 2. The van der Waals surface area contributed by atoms with Gasteiger partial charge in [0.05, 0.1) is 12.6 Å². The lowest BCUT2D eigenvalue weighted by molar-refractivity contribution is 0.274. The highest BCUT2D eigenvalue weighted by Crippen LogP contribution is 2.36. The topological polar surface area (TPSA) is 21.3 Å². The second-order valence-electron chi connectivity index (χ2n) is 5.03. The molecule has 0 aromatic heterocycles. The Balaban J connectivity index is 1.91. The molecule has 2 aromatic carbocycles. The maximum absolute atomic E-state index is 13.5. The maximum atomic E-state index is 13.5. The fourth-order valence-corrected chi connectivity index (χ4v) is 2.91. The zero-order chi connectivity index (χ0) is 14.1. The molecule has 1 unspecified atom stereocenters. The van der Waals surface area contributed by atoms with Gasteiger partial charge in [-0.3, -0.25) is 0 Å². The molecule has 4 heteroatoms. The van der Waals surface area contributed by atoms with Gasteiger partial charge < -0.3 is 10.1 Å². The van der Waals surface area contributed by atoms with Crippen molar-refractivity contribution < 1.29 is 9.13 Å². The summed E-state index contributed by atoms with van der Waals surface area (Å²) >= 11 is 3.48. The number of rotatable bonds is 2. The second-order valence-corrected chi connectivity index (χ2v) is 5.95. The fraction of sp³-hybridized carbons (Fsp3) is 0.250. The zero-order valence-electron chi connectivity index (χ0n) is 11.1. The lowest BCUT2D eigenvalue weighted by Gasteiger charge is -2.28. The van der Waals surface area contributed by atoms with Crippen LogP contribution >= 0.6 is 15.9 Å². The molecule has 104 valence electrons. The molecule has 0 saturated carbocycles.